The predicted molar refractivity (Wildman–Crippen MR) is 516 cm³/mol. The first kappa shape index (κ1) is 92.9. The van der Waals surface area contributed by atoms with Crippen LogP contribution in [-0.2, 0) is 100 Å². The molecular formula is C117H169NO3. The molecule has 0 amide bonds. The van der Waals surface area contributed by atoms with Gasteiger partial charge in [-0.15, -0.1) is 0 Å². The summed E-state index contributed by atoms with van der Waals surface area (Å²) < 4.78 is 0. The van der Waals surface area contributed by atoms with Gasteiger partial charge < -0.3 is 0 Å². The average molecular weight is 1640 g/mol. The number of hydrogen-bond donors (Lipinski definition) is 0. The Hall–Kier alpha value is -5.74. The largest absolute Gasteiger partial charge is 0.300 e. The van der Waals surface area contributed by atoms with Crippen molar-refractivity contribution in [1.82, 2.24) is 4.98 Å². The molecular weight excluding hydrogens is 1470 g/mol. The molecule has 0 N–H and O–H groups in total. The first-order chi connectivity index (χ1) is 55.3. The highest BCUT2D eigenvalue weighted by molar-refractivity contribution is 6.06. The maximum atomic E-state index is 12.8. The molecule has 18 rings (SSSR count). The van der Waals surface area contributed by atoms with Gasteiger partial charge in [-0.2, -0.15) is 0 Å². The minimum absolute atomic E-state index is 0.0416. The molecule has 0 saturated heterocycles. The summed E-state index contributed by atoms with van der Waals surface area (Å²) in [5, 5.41) is 0. The molecule has 13 unspecified atom stereocenters. The maximum absolute atomic E-state index is 12.8. The predicted octanol–water partition coefficient (Wildman–Crippen LogP) is 31.1. The summed E-state index contributed by atoms with van der Waals surface area (Å²) in [6, 6.07) is 23.6. The summed E-state index contributed by atoms with van der Waals surface area (Å²) in [5.74, 6) is 10.1. The van der Waals surface area contributed by atoms with Gasteiger partial charge in [0.1, 0.15) is 11.6 Å². The Morgan fingerprint density at radius 3 is 1.05 bits per heavy atom. The van der Waals surface area contributed by atoms with Crippen LogP contribution in [0.4, 0.5) is 0 Å². The van der Waals surface area contributed by atoms with Crippen LogP contribution in [0.5, 0.6) is 0 Å². The van der Waals surface area contributed by atoms with Gasteiger partial charge in [-0.25, -0.2) is 0 Å². The molecule has 4 heteroatoms. The molecule has 0 spiro atoms. The van der Waals surface area contributed by atoms with E-state index in [9.17, 15) is 14.4 Å². The second-order valence-corrected chi connectivity index (χ2v) is 53.4. The number of Topliss-reactive ketones (excluding diaryl/α,β-unsaturated/α-hetero) is 3. The lowest BCUT2D eigenvalue weighted by atomic mass is 9.69. The van der Waals surface area contributed by atoms with E-state index < -0.39 is 0 Å². The van der Waals surface area contributed by atoms with E-state index in [1.807, 2.05) is 0 Å². The number of pyridine rings is 1. The highest BCUT2D eigenvalue weighted by Gasteiger charge is 2.53. The third kappa shape index (κ3) is 17.6. The van der Waals surface area contributed by atoms with Gasteiger partial charge in [0.15, 0.2) is 5.78 Å². The van der Waals surface area contributed by atoms with Crippen LogP contribution in [-0.4, -0.2) is 22.3 Å². The standard InChI is InChI=1S/2C20H28O.2C20H30.C19H26O.C18H27N/c1-19(2,3)14-8-9-15(20(4,5)6)18-13(14)11-12-7-10-16(21)17(12)18;1-19(2,3)16-7-8-17(20(4,5)6)18-14-11-13(21)9-12(14)10-15(16)18;1-12-13-8-9-14(13)18-16(20(5,6)7)11-10-15(17(12)18)19(2,3)4;1-19(2,3)16-10-11-17(20(4,5)6)18-14-9-7-8-13(14)12-15(16)18;1-18(2,3)13-9-10-14(19(4,5)6)16-15(13)11-7-8-12(11)17(16)20;1-17(2,3)14-10-19-16(18(4,5)6)13-9-11-7-8-12(11)15(13)14/h8-9,12,17H,7,10-11H2,1-6H3;7-8,12,14H,9-11H2,1-6H3;10-14H,8-9H2,1-7H3;10-11,13-14H,7-9,12H2,1-6H3;9-12H,7-8H2,1-6H3;10-12H,7-9H2,1-6H3. The molecule has 0 bridgehead atoms. The van der Waals surface area contributed by atoms with Gasteiger partial charge >= 0.3 is 0 Å². The zero-order valence-corrected chi connectivity index (χ0v) is 84.0. The number of ketones is 3. The lowest BCUT2D eigenvalue weighted by Crippen LogP contribution is -2.25. The van der Waals surface area contributed by atoms with Crippen molar-refractivity contribution in [2.45, 2.75) is 472 Å². The SMILES string of the molecule is CC(C)(C)c1ccc(C(C)(C)C)c2c1C(=O)C1CCC21.CC(C)(C)c1ccc(C(C)(C)C)c2c1CC1CC(=O)CC21.CC(C)(C)c1ccc(C(C)(C)C)c2c1CC1CCC(=O)C21.CC(C)(C)c1ccc(C(C)(C)C)c2c1CC1CCCC21.CC(C)(C)c1cnc(C(C)(C)C)c2c1C1CCC1C2.CC1c2c(C(C)(C)C)ccc(C(C)(C)C)c2C2CCC12. The van der Waals surface area contributed by atoms with Crippen molar-refractivity contribution in [3.05, 3.63) is 201 Å². The van der Waals surface area contributed by atoms with Gasteiger partial charge in [0.2, 0.25) is 0 Å². The highest BCUT2D eigenvalue weighted by atomic mass is 16.1. The number of benzene rings is 5. The Labute approximate surface area is 739 Å². The lowest BCUT2D eigenvalue weighted by molar-refractivity contribution is -0.119. The second kappa shape index (κ2) is 31.6. The quantitative estimate of drug-likeness (QED) is 0.152. The van der Waals surface area contributed by atoms with Crippen molar-refractivity contribution in [3.8, 4) is 0 Å². The Balaban J connectivity index is 0.000000125. The zero-order valence-electron chi connectivity index (χ0n) is 84.0. The Bertz CT molecular complexity index is 4920. The fourth-order valence-corrected chi connectivity index (χ4v) is 25.7. The molecule has 6 aromatic rings. The zero-order chi connectivity index (χ0) is 89.6. The van der Waals surface area contributed by atoms with Crippen LogP contribution in [0.2, 0.25) is 0 Å². The summed E-state index contributed by atoms with van der Waals surface area (Å²) in [6.45, 7) is 85.7. The lowest BCUT2D eigenvalue weighted by Gasteiger charge is -2.35. The molecule has 121 heavy (non-hydrogen) atoms. The number of hydrogen-bond acceptors (Lipinski definition) is 4. The number of rotatable bonds is 0. The molecule has 12 aliphatic rings. The van der Waals surface area contributed by atoms with Gasteiger partial charge in [0.25, 0.3) is 0 Å². The van der Waals surface area contributed by atoms with Crippen LogP contribution in [0.3, 0.4) is 0 Å². The van der Waals surface area contributed by atoms with Crippen LogP contribution in [0.15, 0.2) is 66.9 Å². The van der Waals surface area contributed by atoms with Crippen molar-refractivity contribution in [1.29, 1.82) is 0 Å². The van der Waals surface area contributed by atoms with Crippen LogP contribution in [0.25, 0.3) is 0 Å². The van der Waals surface area contributed by atoms with Crippen molar-refractivity contribution < 1.29 is 14.4 Å². The third-order valence-corrected chi connectivity index (χ3v) is 31.9. The summed E-state index contributed by atoms with van der Waals surface area (Å²) >= 11 is 0. The fourth-order valence-electron chi connectivity index (χ4n) is 25.7. The molecule has 6 saturated carbocycles. The average Bonchev–Trinajstić information content (AvgIpc) is 1.57. The summed E-state index contributed by atoms with van der Waals surface area (Å²) in [7, 11) is 0. The number of carbonyl (C=O) groups excluding carboxylic acids is 3. The van der Waals surface area contributed by atoms with Crippen LogP contribution in [0.1, 0.15) is 520 Å². The summed E-state index contributed by atoms with van der Waals surface area (Å²) in [6.07, 6.45) is 22.8. The normalized spacial score (nSPS) is 26.0. The number of carbonyl (C=O) groups is 3. The van der Waals surface area contributed by atoms with E-state index in [1.165, 1.54) is 131 Å². The molecule has 4 nitrogen and oxygen atoms in total. The topological polar surface area (TPSA) is 64.1 Å². The smallest absolute Gasteiger partial charge is 0.167 e. The number of aromatic nitrogens is 1. The Morgan fingerprint density at radius 1 is 0.264 bits per heavy atom. The van der Waals surface area contributed by atoms with Gasteiger partial charge in [0.05, 0.1) is 0 Å². The molecule has 0 aliphatic heterocycles. The van der Waals surface area contributed by atoms with Gasteiger partial charge in [-0.1, -0.05) is 323 Å². The van der Waals surface area contributed by atoms with Crippen LogP contribution < -0.4 is 0 Å². The molecule has 13 atom stereocenters. The molecule has 5 aromatic carbocycles. The molecule has 6 fully saturated rings. The van der Waals surface area contributed by atoms with E-state index in [2.05, 4.69) is 323 Å². The van der Waals surface area contributed by atoms with E-state index in [-0.39, 0.29) is 76.8 Å². The molecule has 1 aromatic heterocycles. The monoisotopic (exact) mass is 1640 g/mol. The fraction of sp³-hybridized carbons (Fsp3) is 0.675. The van der Waals surface area contributed by atoms with E-state index in [1.54, 1.807) is 61.2 Å². The third-order valence-electron chi connectivity index (χ3n) is 31.9. The number of nitrogens with zero attached hydrogens (tertiary/aromatic N) is 1. The van der Waals surface area contributed by atoms with Crippen molar-refractivity contribution in [2.24, 2.45) is 35.5 Å². The second-order valence-electron chi connectivity index (χ2n) is 53.4. The minimum Gasteiger partial charge on any atom is -0.300 e. The van der Waals surface area contributed by atoms with Crippen molar-refractivity contribution >= 4 is 17.3 Å². The summed E-state index contributed by atoms with van der Waals surface area (Å²) in [4.78, 5) is 42.1. The summed E-state index contributed by atoms with van der Waals surface area (Å²) in [5.41, 5.74) is 38.7. The molecule has 0 radical (unpaired) electrons. The first-order valence-electron chi connectivity index (χ1n) is 48.8. The number of fused-ring (bicyclic) bond motifs is 18. The van der Waals surface area contributed by atoms with Crippen molar-refractivity contribution in [2.75, 3.05) is 0 Å². The van der Waals surface area contributed by atoms with Gasteiger partial charge in [-0.3, -0.25) is 19.4 Å². The van der Waals surface area contributed by atoms with E-state index in [0.29, 0.717) is 41.0 Å². The van der Waals surface area contributed by atoms with E-state index in [4.69, 9.17) is 4.98 Å². The van der Waals surface area contributed by atoms with E-state index in [0.717, 1.165) is 91.9 Å². The molecule has 660 valence electrons. The molecule has 12 aliphatic carbocycles. The van der Waals surface area contributed by atoms with Crippen molar-refractivity contribution in [3.63, 3.8) is 0 Å². The van der Waals surface area contributed by atoms with Crippen LogP contribution in [0, 0.1) is 35.5 Å². The molecule has 1 heterocycles. The first-order valence-corrected chi connectivity index (χ1v) is 48.8. The Kier molecular flexibility index (Phi) is 24.3. The Morgan fingerprint density at radius 2 is 0.620 bits per heavy atom. The highest BCUT2D eigenvalue weighted by Crippen LogP contribution is 2.63. The van der Waals surface area contributed by atoms with Gasteiger partial charge in [0, 0.05) is 54.0 Å². The van der Waals surface area contributed by atoms with Gasteiger partial charge in [-0.05, 0) is 331 Å². The van der Waals surface area contributed by atoms with E-state index >= 15 is 0 Å². The van der Waals surface area contributed by atoms with Crippen LogP contribution >= 0.6 is 0 Å². The maximum Gasteiger partial charge on any atom is 0.167 e. The minimum atomic E-state index is 0.0416.